The highest BCUT2D eigenvalue weighted by molar-refractivity contribution is 6.18. The average molecular weight is 158 g/mol. The monoisotopic (exact) mass is 158 g/mol. The van der Waals surface area contributed by atoms with E-state index in [2.05, 4.69) is 16.9 Å². The summed E-state index contributed by atoms with van der Waals surface area (Å²) >= 11 is 0. The molecule has 0 aromatic heterocycles. The molecule has 60 valence electrons. The number of hydrogen-bond acceptors (Lipinski definition) is 2. The number of aliphatic imine (C=N–C) groups is 2. The molecule has 0 bridgehead atoms. The van der Waals surface area contributed by atoms with Gasteiger partial charge in [0.25, 0.3) is 0 Å². The van der Waals surface area contributed by atoms with Gasteiger partial charge >= 0.3 is 0 Å². The van der Waals surface area contributed by atoms with Crippen LogP contribution in [0.25, 0.3) is 0 Å². The van der Waals surface area contributed by atoms with Crippen LogP contribution in [0.5, 0.6) is 0 Å². The Balaban J connectivity index is 2.16. The summed E-state index contributed by atoms with van der Waals surface area (Å²) in [5.41, 5.74) is 1.11. The van der Waals surface area contributed by atoms with E-state index in [9.17, 15) is 0 Å². The van der Waals surface area contributed by atoms with Crippen molar-refractivity contribution in [3.8, 4) is 0 Å². The van der Waals surface area contributed by atoms with Crippen molar-refractivity contribution in [2.24, 2.45) is 9.98 Å². The second-order valence-electron chi connectivity index (χ2n) is 2.68. The van der Waals surface area contributed by atoms with Crippen molar-refractivity contribution in [3.05, 3.63) is 35.9 Å². The molecule has 1 heterocycles. The van der Waals surface area contributed by atoms with E-state index in [1.165, 1.54) is 0 Å². The molecule has 2 rings (SSSR count). The van der Waals surface area contributed by atoms with Gasteiger partial charge in [-0.2, -0.15) is 0 Å². The van der Waals surface area contributed by atoms with E-state index in [0.717, 1.165) is 23.7 Å². The topological polar surface area (TPSA) is 24.7 Å². The predicted molar refractivity (Wildman–Crippen MR) is 50.7 cm³/mol. The molecular formula is C10H10N2. The minimum atomic E-state index is 0.868. The van der Waals surface area contributed by atoms with Crippen molar-refractivity contribution in [1.82, 2.24) is 0 Å². The SMILES string of the molecule is CCC1=NC(c2ccccc2)=N1. The van der Waals surface area contributed by atoms with Gasteiger partial charge in [0.15, 0.2) is 5.84 Å². The summed E-state index contributed by atoms with van der Waals surface area (Å²) in [5.74, 6) is 1.82. The van der Waals surface area contributed by atoms with Crippen molar-refractivity contribution in [3.63, 3.8) is 0 Å². The van der Waals surface area contributed by atoms with Crippen LogP contribution in [0.4, 0.5) is 0 Å². The van der Waals surface area contributed by atoms with Crippen LogP contribution >= 0.6 is 0 Å². The summed E-state index contributed by atoms with van der Waals surface area (Å²) in [6, 6.07) is 10.0. The maximum atomic E-state index is 4.28. The van der Waals surface area contributed by atoms with Crippen LogP contribution in [0.3, 0.4) is 0 Å². The van der Waals surface area contributed by atoms with Crippen molar-refractivity contribution in [2.75, 3.05) is 0 Å². The summed E-state index contributed by atoms with van der Waals surface area (Å²) in [4.78, 5) is 8.55. The van der Waals surface area contributed by atoms with E-state index >= 15 is 0 Å². The minimum Gasteiger partial charge on any atom is -0.213 e. The maximum Gasteiger partial charge on any atom is 0.163 e. The minimum absolute atomic E-state index is 0.868. The van der Waals surface area contributed by atoms with Gasteiger partial charge in [-0.05, 0) is 0 Å². The molecule has 0 unspecified atom stereocenters. The third kappa shape index (κ3) is 1.16. The molecule has 1 aliphatic heterocycles. The van der Waals surface area contributed by atoms with Gasteiger partial charge in [0.05, 0.1) is 0 Å². The van der Waals surface area contributed by atoms with Gasteiger partial charge in [-0.1, -0.05) is 37.3 Å². The highest BCUT2D eigenvalue weighted by Crippen LogP contribution is 2.10. The van der Waals surface area contributed by atoms with Crippen LogP contribution in [-0.2, 0) is 0 Å². The molecule has 1 aromatic carbocycles. The third-order valence-electron chi connectivity index (χ3n) is 1.82. The van der Waals surface area contributed by atoms with E-state index in [1.54, 1.807) is 0 Å². The summed E-state index contributed by atoms with van der Waals surface area (Å²) in [5, 5.41) is 0. The van der Waals surface area contributed by atoms with Crippen LogP contribution in [0.1, 0.15) is 18.9 Å². The van der Waals surface area contributed by atoms with Gasteiger partial charge in [0.2, 0.25) is 0 Å². The molecule has 0 saturated heterocycles. The van der Waals surface area contributed by atoms with Gasteiger partial charge in [-0.3, -0.25) is 0 Å². The molecule has 0 spiro atoms. The summed E-state index contributed by atoms with van der Waals surface area (Å²) in [6.07, 6.45) is 0.927. The average Bonchev–Trinajstić information content (AvgIpc) is 2.04. The predicted octanol–water partition coefficient (Wildman–Crippen LogP) is 2.26. The summed E-state index contributed by atoms with van der Waals surface area (Å²) in [7, 11) is 0. The molecule has 2 heteroatoms. The number of benzene rings is 1. The summed E-state index contributed by atoms with van der Waals surface area (Å²) in [6.45, 7) is 2.06. The lowest BCUT2D eigenvalue weighted by Crippen LogP contribution is -2.13. The Morgan fingerprint density at radius 2 is 1.75 bits per heavy atom. The zero-order chi connectivity index (χ0) is 8.39. The Labute approximate surface area is 71.7 Å². The van der Waals surface area contributed by atoms with Gasteiger partial charge in [0, 0.05) is 12.0 Å². The van der Waals surface area contributed by atoms with E-state index < -0.39 is 0 Å². The second kappa shape index (κ2) is 2.89. The van der Waals surface area contributed by atoms with Crippen LogP contribution < -0.4 is 0 Å². The van der Waals surface area contributed by atoms with Crippen molar-refractivity contribution in [2.45, 2.75) is 13.3 Å². The largest absolute Gasteiger partial charge is 0.213 e. The van der Waals surface area contributed by atoms with Crippen molar-refractivity contribution >= 4 is 11.7 Å². The molecule has 0 saturated carbocycles. The number of rotatable bonds is 2. The molecule has 1 aliphatic rings. The fourth-order valence-corrected chi connectivity index (χ4v) is 1.12. The smallest absolute Gasteiger partial charge is 0.163 e. The first-order valence-electron chi connectivity index (χ1n) is 4.12. The Morgan fingerprint density at radius 1 is 1.08 bits per heavy atom. The Bertz CT molecular complexity index is 336. The zero-order valence-electron chi connectivity index (χ0n) is 6.99. The lowest BCUT2D eigenvalue weighted by molar-refractivity contribution is 1.20. The third-order valence-corrected chi connectivity index (χ3v) is 1.82. The lowest BCUT2D eigenvalue weighted by Gasteiger charge is -2.10. The number of nitrogens with zero attached hydrogens (tertiary/aromatic N) is 2. The molecular weight excluding hydrogens is 148 g/mol. The highest BCUT2D eigenvalue weighted by Gasteiger charge is 2.11. The first-order valence-corrected chi connectivity index (χ1v) is 4.12. The van der Waals surface area contributed by atoms with Gasteiger partial charge in [-0.15, -0.1) is 0 Å². The normalized spacial score (nSPS) is 14.8. The maximum absolute atomic E-state index is 4.28. The quantitative estimate of drug-likeness (QED) is 0.630. The standard InChI is InChI=1S/C10H10N2/c1-2-9-11-10(12-9)8-6-4-3-5-7-8/h3-7H,2H2,1H3. The summed E-state index contributed by atoms with van der Waals surface area (Å²) < 4.78 is 0. The van der Waals surface area contributed by atoms with Gasteiger partial charge in [0.1, 0.15) is 5.84 Å². The molecule has 0 radical (unpaired) electrons. The second-order valence-corrected chi connectivity index (χ2v) is 2.68. The Kier molecular flexibility index (Phi) is 1.74. The number of hydrogen-bond donors (Lipinski definition) is 0. The molecule has 0 N–H and O–H groups in total. The van der Waals surface area contributed by atoms with E-state index in [-0.39, 0.29) is 0 Å². The lowest BCUT2D eigenvalue weighted by atomic mass is 10.2. The molecule has 0 fully saturated rings. The van der Waals surface area contributed by atoms with Crippen LogP contribution in [-0.4, -0.2) is 11.7 Å². The van der Waals surface area contributed by atoms with Gasteiger partial charge < -0.3 is 0 Å². The van der Waals surface area contributed by atoms with E-state index in [4.69, 9.17) is 0 Å². The van der Waals surface area contributed by atoms with Gasteiger partial charge in [-0.25, -0.2) is 9.98 Å². The Morgan fingerprint density at radius 3 is 2.33 bits per heavy atom. The zero-order valence-corrected chi connectivity index (χ0v) is 6.99. The Hall–Kier alpha value is -1.44. The van der Waals surface area contributed by atoms with Crippen LogP contribution in [0.2, 0.25) is 0 Å². The molecule has 0 aliphatic carbocycles. The van der Waals surface area contributed by atoms with E-state index in [0.29, 0.717) is 0 Å². The molecule has 12 heavy (non-hydrogen) atoms. The van der Waals surface area contributed by atoms with E-state index in [1.807, 2.05) is 30.3 Å². The fraction of sp³-hybridized carbons (Fsp3) is 0.200. The molecule has 2 nitrogen and oxygen atoms in total. The fourth-order valence-electron chi connectivity index (χ4n) is 1.12. The van der Waals surface area contributed by atoms with Crippen molar-refractivity contribution in [1.29, 1.82) is 0 Å². The number of amidine groups is 2. The first kappa shape index (κ1) is 7.22. The molecule has 0 amide bonds. The van der Waals surface area contributed by atoms with Crippen LogP contribution in [0.15, 0.2) is 40.3 Å². The molecule has 1 aromatic rings. The highest BCUT2D eigenvalue weighted by atomic mass is 15.1. The van der Waals surface area contributed by atoms with Crippen molar-refractivity contribution < 1.29 is 0 Å². The molecule has 0 atom stereocenters. The first-order chi connectivity index (χ1) is 5.90. The van der Waals surface area contributed by atoms with Crippen LogP contribution in [0, 0.1) is 0 Å².